The predicted octanol–water partition coefficient (Wildman–Crippen LogP) is 2.55. The molecule has 132 valence electrons. The lowest BCUT2D eigenvalue weighted by molar-refractivity contribution is 0.0474. The van der Waals surface area contributed by atoms with Crippen LogP contribution in [0.5, 0.6) is 0 Å². The van der Waals surface area contributed by atoms with E-state index in [1.54, 1.807) is 6.07 Å². The number of ether oxygens (including phenoxy) is 1. The Hall–Kier alpha value is -2.61. The second-order valence-corrected chi connectivity index (χ2v) is 7.54. The van der Waals surface area contributed by atoms with Crippen molar-refractivity contribution in [1.82, 2.24) is 0 Å². The van der Waals surface area contributed by atoms with E-state index in [1.807, 2.05) is 0 Å². The van der Waals surface area contributed by atoms with E-state index in [9.17, 15) is 26.8 Å². The van der Waals surface area contributed by atoms with Gasteiger partial charge in [0.2, 0.25) is 0 Å². The van der Waals surface area contributed by atoms with Crippen molar-refractivity contribution in [3.63, 3.8) is 0 Å². The molecule has 2 aromatic carbocycles. The summed E-state index contributed by atoms with van der Waals surface area (Å²) < 4.78 is 53.4. The van der Waals surface area contributed by atoms with E-state index in [-0.39, 0.29) is 16.9 Å². The van der Waals surface area contributed by atoms with Crippen molar-refractivity contribution < 1.29 is 31.5 Å². The summed E-state index contributed by atoms with van der Waals surface area (Å²) in [6, 6.07) is 8.42. The van der Waals surface area contributed by atoms with Gasteiger partial charge in [-0.3, -0.25) is 4.79 Å². The third-order valence-corrected chi connectivity index (χ3v) is 4.03. The Morgan fingerprint density at radius 3 is 2.36 bits per heavy atom. The number of rotatable bonds is 6. The van der Waals surface area contributed by atoms with Crippen molar-refractivity contribution >= 4 is 21.6 Å². The quantitative estimate of drug-likeness (QED) is 0.578. The van der Waals surface area contributed by atoms with E-state index < -0.39 is 39.8 Å². The van der Waals surface area contributed by atoms with Gasteiger partial charge in [0.1, 0.15) is 0 Å². The van der Waals surface area contributed by atoms with Crippen LogP contribution in [-0.2, 0) is 20.3 Å². The molecule has 0 saturated heterocycles. The molecule has 2 aromatic rings. The molecule has 0 bridgehead atoms. The minimum Gasteiger partial charge on any atom is -0.454 e. The van der Waals surface area contributed by atoms with E-state index in [4.69, 9.17) is 4.74 Å². The van der Waals surface area contributed by atoms with Crippen LogP contribution in [0.25, 0.3) is 0 Å². The van der Waals surface area contributed by atoms with Crippen molar-refractivity contribution in [2.75, 3.05) is 12.9 Å². The lowest BCUT2D eigenvalue weighted by Crippen LogP contribution is -2.15. The highest BCUT2D eigenvalue weighted by molar-refractivity contribution is 7.89. The van der Waals surface area contributed by atoms with Crippen LogP contribution in [0, 0.1) is 11.6 Å². The molecule has 5 nitrogen and oxygen atoms in total. The van der Waals surface area contributed by atoms with E-state index in [2.05, 4.69) is 0 Å². The van der Waals surface area contributed by atoms with Crippen LogP contribution in [0.1, 0.15) is 26.3 Å². The molecule has 0 amide bonds. The number of hydrogen-bond donors (Lipinski definition) is 0. The van der Waals surface area contributed by atoms with Gasteiger partial charge in [-0.25, -0.2) is 22.0 Å². The van der Waals surface area contributed by atoms with Gasteiger partial charge in [-0.15, -0.1) is 0 Å². The molecule has 0 fully saturated rings. The van der Waals surface area contributed by atoms with Crippen LogP contribution in [0.2, 0.25) is 0 Å². The Balaban J connectivity index is 2.03. The largest absolute Gasteiger partial charge is 0.454 e. The van der Waals surface area contributed by atoms with Gasteiger partial charge in [0, 0.05) is 11.8 Å². The Bertz CT molecular complexity index is 922. The van der Waals surface area contributed by atoms with Crippen molar-refractivity contribution in [2.24, 2.45) is 0 Å². The average molecular weight is 368 g/mol. The van der Waals surface area contributed by atoms with Gasteiger partial charge >= 0.3 is 5.97 Å². The Morgan fingerprint density at radius 1 is 1.00 bits per heavy atom. The van der Waals surface area contributed by atoms with Crippen LogP contribution in [0.4, 0.5) is 8.78 Å². The second-order valence-electron chi connectivity index (χ2n) is 5.40. The van der Waals surface area contributed by atoms with Gasteiger partial charge < -0.3 is 4.74 Å². The number of sulfone groups is 1. The summed E-state index contributed by atoms with van der Waals surface area (Å²) in [6.45, 7) is -0.653. The van der Waals surface area contributed by atoms with Crippen LogP contribution < -0.4 is 0 Å². The third kappa shape index (κ3) is 5.46. The zero-order valence-corrected chi connectivity index (χ0v) is 14.0. The number of hydrogen-bond acceptors (Lipinski definition) is 5. The average Bonchev–Trinajstić information content (AvgIpc) is 2.53. The first kappa shape index (κ1) is 18.7. The van der Waals surface area contributed by atoms with E-state index in [0.717, 1.165) is 24.5 Å². The first-order valence-electron chi connectivity index (χ1n) is 7.08. The van der Waals surface area contributed by atoms with Gasteiger partial charge in [-0.05, 0) is 35.9 Å². The summed E-state index contributed by atoms with van der Waals surface area (Å²) in [5, 5.41) is 0. The third-order valence-electron chi connectivity index (χ3n) is 3.17. The number of Topliss-reactive ketones (excluding diaryl/α,β-unsaturated/α-hetero) is 1. The second kappa shape index (κ2) is 7.52. The maximum atomic E-state index is 13.1. The molecule has 0 radical (unpaired) electrons. The van der Waals surface area contributed by atoms with Crippen LogP contribution in [0.3, 0.4) is 0 Å². The molecule has 0 N–H and O–H groups in total. The lowest BCUT2D eigenvalue weighted by Gasteiger charge is -2.06. The van der Waals surface area contributed by atoms with Gasteiger partial charge in [-0.2, -0.15) is 0 Å². The summed E-state index contributed by atoms with van der Waals surface area (Å²) >= 11 is 0. The van der Waals surface area contributed by atoms with Crippen LogP contribution in [0.15, 0.2) is 42.5 Å². The number of carbonyl (C=O) groups excluding carboxylic acids is 2. The topological polar surface area (TPSA) is 77.5 Å². The molecule has 0 atom stereocenters. The van der Waals surface area contributed by atoms with Crippen LogP contribution in [-0.4, -0.2) is 33.0 Å². The van der Waals surface area contributed by atoms with E-state index in [1.165, 1.54) is 18.2 Å². The summed E-state index contributed by atoms with van der Waals surface area (Å²) in [6.07, 6.45) is 1.07. The fourth-order valence-electron chi connectivity index (χ4n) is 2.06. The Labute approximate surface area is 143 Å². The molecule has 25 heavy (non-hydrogen) atoms. The van der Waals surface area contributed by atoms with Crippen molar-refractivity contribution in [3.8, 4) is 0 Å². The van der Waals surface area contributed by atoms with Crippen LogP contribution >= 0.6 is 0 Å². The SMILES string of the molecule is CS(=O)(=O)Cc1cccc(C(=O)OCC(=O)c2ccc(F)c(F)c2)c1. The number of carbonyl (C=O) groups is 2. The molecule has 2 rings (SSSR count). The molecule has 0 saturated carbocycles. The molecule has 0 unspecified atom stereocenters. The minimum absolute atomic E-state index is 0.0826. The van der Waals surface area contributed by atoms with Gasteiger partial charge in [0.05, 0.1) is 11.3 Å². The maximum absolute atomic E-state index is 13.1. The highest BCUT2D eigenvalue weighted by atomic mass is 32.2. The Kier molecular flexibility index (Phi) is 5.63. The summed E-state index contributed by atoms with van der Waals surface area (Å²) in [4.78, 5) is 23.8. The summed E-state index contributed by atoms with van der Waals surface area (Å²) in [7, 11) is -3.26. The number of halogens is 2. The molecule has 0 aliphatic heterocycles. The highest BCUT2D eigenvalue weighted by Crippen LogP contribution is 2.12. The molecular formula is C17H14F2O5S. The predicted molar refractivity (Wildman–Crippen MR) is 86.0 cm³/mol. The summed E-state index contributed by atoms with van der Waals surface area (Å²) in [5.74, 6) is -4.02. The monoisotopic (exact) mass is 368 g/mol. The van der Waals surface area contributed by atoms with Gasteiger partial charge in [-0.1, -0.05) is 12.1 Å². The molecule has 8 heteroatoms. The maximum Gasteiger partial charge on any atom is 0.338 e. The number of ketones is 1. The highest BCUT2D eigenvalue weighted by Gasteiger charge is 2.15. The standard InChI is InChI=1S/C17H14F2O5S/c1-25(22,23)10-11-3-2-4-13(7-11)17(21)24-9-16(20)12-5-6-14(18)15(19)8-12/h2-8H,9-10H2,1H3. The zero-order valence-electron chi connectivity index (χ0n) is 13.2. The molecular weight excluding hydrogens is 354 g/mol. The fraction of sp³-hybridized carbons (Fsp3) is 0.176. The lowest BCUT2D eigenvalue weighted by atomic mass is 10.1. The number of esters is 1. The number of benzene rings is 2. The smallest absolute Gasteiger partial charge is 0.338 e. The first-order valence-corrected chi connectivity index (χ1v) is 9.14. The van der Waals surface area contributed by atoms with Crippen molar-refractivity contribution in [2.45, 2.75) is 5.75 Å². The molecule has 0 aliphatic carbocycles. The van der Waals surface area contributed by atoms with Gasteiger partial charge in [0.25, 0.3) is 0 Å². The zero-order chi connectivity index (χ0) is 18.6. The van der Waals surface area contributed by atoms with E-state index in [0.29, 0.717) is 5.56 Å². The van der Waals surface area contributed by atoms with Gasteiger partial charge in [0.15, 0.2) is 33.9 Å². The molecule has 0 spiro atoms. The first-order chi connectivity index (χ1) is 11.7. The summed E-state index contributed by atoms with van der Waals surface area (Å²) in [5.41, 5.74) is 0.362. The molecule has 0 aromatic heterocycles. The minimum atomic E-state index is -3.26. The van der Waals surface area contributed by atoms with Crippen molar-refractivity contribution in [3.05, 3.63) is 70.8 Å². The molecule has 0 aliphatic rings. The van der Waals surface area contributed by atoms with E-state index >= 15 is 0 Å². The fourth-order valence-corrected chi connectivity index (χ4v) is 2.84. The van der Waals surface area contributed by atoms with Crippen molar-refractivity contribution in [1.29, 1.82) is 0 Å². The Morgan fingerprint density at radius 2 is 1.72 bits per heavy atom. The normalized spacial score (nSPS) is 11.2. The molecule has 0 heterocycles.